The minimum absolute atomic E-state index is 0.0939. The highest BCUT2D eigenvalue weighted by atomic mass is 32.2. The van der Waals surface area contributed by atoms with Crippen molar-refractivity contribution in [1.29, 1.82) is 0 Å². The van der Waals surface area contributed by atoms with Gasteiger partial charge in [-0.3, -0.25) is 4.57 Å². The highest BCUT2D eigenvalue weighted by Gasteiger charge is 2.44. The fraction of sp³-hybridized carbons (Fsp3) is 0.450. The summed E-state index contributed by atoms with van der Waals surface area (Å²) in [5.41, 5.74) is 2.90. The van der Waals surface area contributed by atoms with Crippen molar-refractivity contribution in [3.05, 3.63) is 42.0 Å². The molecule has 0 amide bonds. The lowest BCUT2D eigenvalue weighted by Crippen LogP contribution is -2.33. The quantitative estimate of drug-likeness (QED) is 0.353. The molecule has 33 heavy (non-hydrogen) atoms. The van der Waals surface area contributed by atoms with Crippen LogP contribution >= 0.6 is 0 Å². The van der Waals surface area contributed by atoms with Gasteiger partial charge in [0.05, 0.1) is 17.8 Å². The van der Waals surface area contributed by atoms with Gasteiger partial charge < -0.3 is 25.0 Å². The van der Waals surface area contributed by atoms with Crippen LogP contribution in [0.2, 0.25) is 0 Å². The number of aromatic nitrogens is 4. The molecule has 1 unspecified atom stereocenters. The molecule has 3 aromatic rings. The number of sulfonamides is 1. The molecule has 0 aliphatic carbocycles. The largest absolute Gasteiger partial charge is 0.394 e. The summed E-state index contributed by atoms with van der Waals surface area (Å²) >= 11 is 0. The molecule has 5 rings (SSSR count). The van der Waals surface area contributed by atoms with E-state index in [1.54, 1.807) is 12.1 Å². The third-order valence-electron chi connectivity index (χ3n) is 6.24. The van der Waals surface area contributed by atoms with E-state index >= 15 is 0 Å². The number of fused-ring (bicyclic) bond motifs is 2. The van der Waals surface area contributed by atoms with E-state index in [2.05, 4.69) is 19.9 Å². The van der Waals surface area contributed by atoms with Crippen LogP contribution < -0.4 is 10.0 Å². The predicted molar refractivity (Wildman–Crippen MR) is 116 cm³/mol. The molecule has 1 saturated heterocycles. The van der Waals surface area contributed by atoms with Gasteiger partial charge in [-0.05, 0) is 36.1 Å². The number of imidazole rings is 1. The number of hydrogen-bond donors (Lipinski definition) is 4. The summed E-state index contributed by atoms with van der Waals surface area (Å²) in [6, 6.07) is 4.94. The van der Waals surface area contributed by atoms with Crippen LogP contribution in [0.1, 0.15) is 17.4 Å². The Morgan fingerprint density at radius 3 is 2.55 bits per heavy atom. The van der Waals surface area contributed by atoms with Crippen molar-refractivity contribution in [1.82, 2.24) is 19.5 Å². The van der Waals surface area contributed by atoms with Crippen molar-refractivity contribution in [3.8, 4) is 0 Å². The van der Waals surface area contributed by atoms with E-state index in [9.17, 15) is 23.7 Å². The molecule has 13 heteroatoms. The van der Waals surface area contributed by atoms with Gasteiger partial charge in [0.25, 0.3) is 0 Å². The first-order valence-electron chi connectivity index (χ1n) is 10.5. The van der Waals surface area contributed by atoms with Gasteiger partial charge in [-0.2, -0.15) is 0 Å². The van der Waals surface area contributed by atoms with Crippen molar-refractivity contribution < 1.29 is 28.5 Å². The maximum absolute atomic E-state index is 11.7. The van der Waals surface area contributed by atoms with Crippen LogP contribution in [-0.4, -0.2) is 81.3 Å². The minimum Gasteiger partial charge on any atom is -0.394 e. The molecule has 2 aromatic heterocycles. The fourth-order valence-electron chi connectivity index (χ4n) is 4.46. The van der Waals surface area contributed by atoms with E-state index in [-0.39, 0.29) is 4.90 Å². The van der Waals surface area contributed by atoms with Gasteiger partial charge in [-0.1, -0.05) is 6.07 Å². The van der Waals surface area contributed by atoms with Gasteiger partial charge in [-0.25, -0.2) is 28.5 Å². The zero-order valence-corrected chi connectivity index (χ0v) is 18.3. The number of anilines is 1. The summed E-state index contributed by atoms with van der Waals surface area (Å²) in [6.07, 6.45) is -0.197. The second-order valence-electron chi connectivity index (χ2n) is 8.21. The first-order valence-corrected chi connectivity index (χ1v) is 12.0. The van der Waals surface area contributed by atoms with Gasteiger partial charge in [0.2, 0.25) is 10.0 Å². The average molecular weight is 477 g/mol. The van der Waals surface area contributed by atoms with Crippen LogP contribution in [0.5, 0.6) is 0 Å². The monoisotopic (exact) mass is 476 g/mol. The van der Waals surface area contributed by atoms with Crippen LogP contribution in [0.4, 0.5) is 5.82 Å². The van der Waals surface area contributed by atoms with Crippen molar-refractivity contribution in [2.75, 3.05) is 24.6 Å². The van der Waals surface area contributed by atoms with Gasteiger partial charge in [-0.15, -0.1) is 0 Å². The normalized spacial score (nSPS) is 25.9. The number of benzene rings is 1. The van der Waals surface area contributed by atoms with Crippen molar-refractivity contribution in [2.45, 2.75) is 42.3 Å². The summed E-state index contributed by atoms with van der Waals surface area (Å²) in [5.74, 6) is 0.602. The number of hydrogen-bond acceptors (Lipinski definition) is 10. The molecule has 1 fully saturated rings. The molecule has 12 nitrogen and oxygen atoms in total. The van der Waals surface area contributed by atoms with E-state index in [0.717, 1.165) is 11.1 Å². The Labute approximate surface area is 189 Å². The van der Waals surface area contributed by atoms with Crippen molar-refractivity contribution >= 4 is 27.0 Å². The first kappa shape index (κ1) is 22.1. The number of ether oxygens (including phenoxy) is 1. The maximum Gasteiger partial charge on any atom is 0.238 e. The molecule has 5 N–H and O–H groups in total. The topological polar surface area (TPSA) is 177 Å². The summed E-state index contributed by atoms with van der Waals surface area (Å²) in [4.78, 5) is 15.3. The zero-order valence-electron chi connectivity index (χ0n) is 17.5. The molecule has 2 aliphatic rings. The lowest BCUT2D eigenvalue weighted by atomic mass is 10.0. The Bertz CT molecular complexity index is 1300. The molecule has 0 radical (unpaired) electrons. The number of nitrogens with two attached hydrogens (primary N) is 1. The fourth-order valence-corrected chi connectivity index (χ4v) is 5.02. The smallest absolute Gasteiger partial charge is 0.238 e. The Morgan fingerprint density at radius 1 is 1.09 bits per heavy atom. The molecule has 4 heterocycles. The Balaban J connectivity index is 1.44. The second-order valence-corrected chi connectivity index (χ2v) is 9.77. The Kier molecular flexibility index (Phi) is 5.55. The van der Waals surface area contributed by atoms with Gasteiger partial charge in [0.15, 0.2) is 23.2 Å². The van der Waals surface area contributed by atoms with Crippen LogP contribution in [-0.2, 0) is 27.6 Å². The van der Waals surface area contributed by atoms with Crippen LogP contribution in [0, 0.1) is 0 Å². The number of aliphatic hydroxyl groups is 3. The average Bonchev–Trinajstić information content (AvgIpc) is 3.26. The van der Waals surface area contributed by atoms with Crippen molar-refractivity contribution in [3.63, 3.8) is 0 Å². The molecule has 1 aromatic carbocycles. The molecule has 0 spiro atoms. The van der Waals surface area contributed by atoms with Gasteiger partial charge in [0.1, 0.15) is 24.6 Å². The van der Waals surface area contributed by atoms with Gasteiger partial charge in [0, 0.05) is 13.1 Å². The van der Waals surface area contributed by atoms with E-state index in [1.807, 2.05) is 0 Å². The first-order chi connectivity index (χ1) is 15.8. The lowest BCUT2D eigenvalue weighted by molar-refractivity contribution is -0.0511. The van der Waals surface area contributed by atoms with E-state index < -0.39 is 41.2 Å². The molecular weight excluding hydrogens is 452 g/mol. The maximum atomic E-state index is 11.7. The molecule has 2 aliphatic heterocycles. The molecular formula is C20H24N6O6S. The second kappa shape index (κ2) is 8.27. The number of primary sulfonamides is 1. The van der Waals surface area contributed by atoms with E-state index in [1.165, 1.54) is 23.3 Å². The Hall–Kier alpha value is -2.68. The van der Waals surface area contributed by atoms with E-state index in [0.29, 0.717) is 42.9 Å². The summed E-state index contributed by atoms with van der Waals surface area (Å²) < 4.78 is 30.6. The summed E-state index contributed by atoms with van der Waals surface area (Å²) in [5, 5.41) is 35.1. The lowest BCUT2D eigenvalue weighted by Gasteiger charge is -2.21. The number of aliphatic hydroxyl groups excluding tert-OH is 3. The minimum atomic E-state index is -3.78. The zero-order chi connectivity index (χ0) is 23.3. The van der Waals surface area contributed by atoms with Crippen LogP contribution in [0.15, 0.2) is 35.7 Å². The number of rotatable bonds is 4. The van der Waals surface area contributed by atoms with E-state index in [4.69, 9.17) is 9.88 Å². The molecule has 0 saturated carbocycles. The third-order valence-corrected chi connectivity index (χ3v) is 7.15. The third kappa shape index (κ3) is 3.86. The molecule has 176 valence electrons. The highest BCUT2D eigenvalue weighted by Crippen LogP contribution is 2.33. The van der Waals surface area contributed by atoms with Crippen LogP contribution in [0.3, 0.4) is 0 Å². The highest BCUT2D eigenvalue weighted by molar-refractivity contribution is 7.89. The van der Waals surface area contributed by atoms with Gasteiger partial charge >= 0.3 is 0 Å². The summed E-state index contributed by atoms with van der Waals surface area (Å²) in [7, 11) is -3.78. The summed E-state index contributed by atoms with van der Waals surface area (Å²) in [6.45, 7) is 0.783. The molecule has 0 bridgehead atoms. The van der Waals surface area contributed by atoms with Crippen LogP contribution in [0.25, 0.3) is 11.2 Å². The predicted octanol–water partition coefficient (Wildman–Crippen LogP) is -1.31. The number of nitrogens with zero attached hydrogens (tertiary/aromatic N) is 5. The molecule has 4 atom stereocenters. The SMILES string of the molecule is NS(=O)(=O)c1ccc2c(c1)CCN(c1ncnc3c1ncn3C1O[C@H](CO)[C@@H](O)[C@H]1O)CC2. The van der Waals surface area contributed by atoms with Crippen molar-refractivity contribution in [2.24, 2.45) is 5.14 Å². The Morgan fingerprint density at radius 2 is 1.85 bits per heavy atom. The standard InChI is InChI=1S/C20H24N6O6S/c21-33(30,31)13-2-1-11-3-5-25(6-4-12(11)7-13)18-15-19(23-9-22-18)26(10-24-15)20-17(29)16(28)14(8-27)32-20/h1-2,7,9-10,14,16-17,20,27-29H,3-6,8H2,(H2,21,30,31)/t14-,16-,17-,20?/m1/s1.